The van der Waals surface area contributed by atoms with Gasteiger partial charge in [-0.05, 0) is 49.0 Å². The van der Waals surface area contributed by atoms with Crippen LogP contribution in [0.4, 0.5) is 0 Å². The molecule has 1 N–H and O–H groups in total. The number of carbonyl (C=O) groups is 2. The van der Waals surface area contributed by atoms with Gasteiger partial charge in [0.1, 0.15) is 35.1 Å². The van der Waals surface area contributed by atoms with Crippen molar-refractivity contribution in [3.63, 3.8) is 0 Å². The molecule has 0 amide bonds. The van der Waals surface area contributed by atoms with Gasteiger partial charge in [0.15, 0.2) is 0 Å². The van der Waals surface area contributed by atoms with E-state index in [2.05, 4.69) is 20.8 Å². The van der Waals surface area contributed by atoms with Crippen molar-refractivity contribution in [2.24, 2.45) is 22.7 Å². The molecule has 6 nitrogen and oxygen atoms in total. The van der Waals surface area contributed by atoms with Gasteiger partial charge in [-0.1, -0.05) is 38.4 Å². The Labute approximate surface area is 193 Å². The summed E-state index contributed by atoms with van der Waals surface area (Å²) in [5.41, 5.74) is -0.259. The summed E-state index contributed by atoms with van der Waals surface area (Å²) in [7, 11) is 3.01. The summed E-state index contributed by atoms with van der Waals surface area (Å²) in [6.07, 6.45) is 4.85. The van der Waals surface area contributed by atoms with Gasteiger partial charge in [-0.15, -0.1) is 0 Å². The zero-order valence-corrected chi connectivity index (χ0v) is 20.2. The van der Waals surface area contributed by atoms with Gasteiger partial charge in [0.05, 0.1) is 12.1 Å². The number of hydrogen-bond acceptors (Lipinski definition) is 6. The number of rotatable bonds is 5. The molecular weight excluding hydrogens is 432 g/mol. The molecule has 2 saturated carbocycles. The average molecular weight is 463 g/mol. The lowest BCUT2D eigenvalue weighted by molar-refractivity contribution is -0.259. The van der Waals surface area contributed by atoms with Crippen molar-refractivity contribution in [1.29, 1.82) is 0 Å². The fourth-order valence-electron chi connectivity index (χ4n) is 6.77. The first-order chi connectivity index (χ1) is 15.0. The third-order valence-electron chi connectivity index (χ3n) is 8.20. The highest BCUT2D eigenvalue weighted by atomic mass is 35.5. The van der Waals surface area contributed by atoms with Gasteiger partial charge in [-0.3, -0.25) is 4.79 Å². The largest absolute Gasteiger partial charge is 0.507 e. The molecule has 1 aromatic rings. The van der Waals surface area contributed by atoms with Crippen LogP contribution in [-0.4, -0.2) is 43.3 Å². The smallest absolute Gasteiger partial charge is 0.342 e. The summed E-state index contributed by atoms with van der Waals surface area (Å²) in [6, 6.07) is 1.30. The van der Waals surface area contributed by atoms with E-state index in [-0.39, 0.29) is 32.9 Å². The average Bonchev–Trinajstić information content (AvgIpc) is 3.04. The second-order valence-electron chi connectivity index (χ2n) is 10.4. The number of phenols is 1. The van der Waals surface area contributed by atoms with Crippen molar-refractivity contribution in [1.82, 2.24) is 0 Å². The van der Waals surface area contributed by atoms with Crippen LogP contribution >= 0.6 is 11.6 Å². The van der Waals surface area contributed by atoms with Crippen LogP contribution in [0, 0.1) is 29.6 Å². The summed E-state index contributed by atoms with van der Waals surface area (Å²) < 4.78 is 17.1. The molecule has 0 radical (unpaired) electrons. The molecule has 0 heterocycles. The van der Waals surface area contributed by atoms with E-state index in [1.165, 1.54) is 13.2 Å². The van der Waals surface area contributed by atoms with E-state index >= 15 is 0 Å². The zero-order valence-electron chi connectivity index (χ0n) is 19.5. The minimum absolute atomic E-state index is 0.0111. The Morgan fingerprint density at radius 1 is 1.22 bits per heavy atom. The molecule has 0 aromatic heterocycles. The van der Waals surface area contributed by atoms with E-state index in [0.717, 1.165) is 19.1 Å². The Balaban J connectivity index is 1.69. The Morgan fingerprint density at radius 3 is 2.50 bits per heavy atom. The Morgan fingerprint density at radius 2 is 1.91 bits per heavy atom. The zero-order chi connectivity index (χ0) is 23.6. The molecule has 4 rings (SSSR count). The maximum Gasteiger partial charge on any atom is 0.342 e. The van der Waals surface area contributed by atoms with Crippen LogP contribution in [0.3, 0.4) is 0 Å². The van der Waals surface area contributed by atoms with Crippen molar-refractivity contribution in [3.8, 4) is 11.5 Å². The summed E-state index contributed by atoms with van der Waals surface area (Å²) in [5, 5.41) is 10.7. The molecule has 0 saturated heterocycles. The molecule has 0 spiro atoms. The molecular formula is C25H31ClO6. The van der Waals surface area contributed by atoms with Crippen LogP contribution in [0.2, 0.25) is 5.02 Å². The minimum atomic E-state index is -1.01. The van der Waals surface area contributed by atoms with Crippen LogP contribution in [0.15, 0.2) is 17.7 Å². The topological polar surface area (TPSA) is 82.1 Å². The first-order valence-electron chi connectivity index (χ1n) is 11.0. The number of ether oxygens (including phenoxy) is 3. The number of methoxy groups -OCH3 is 2. The molecule has 3 aliphatic carbocycles. The van der Waals surface area contributed by atoms with Crippen LogP contribution in [-0.2, 0) is 14.3 Å². The van der Waals surface area contributed by atoms with E-state index in [0.29, 0.717) is 29.4 Å². The highest BCUT2D eigenvalue weighted by molar-refractivity contribution is 6.33. The van der Waals surface area contributed by atoms with Gasteiger partial charge < -0.3 is 19.3 Å². The summed E-state index contributed by atoms with van der Waals surface area (Å²) >= 11 is 6.30. The summed E-state index contributed by atoms with van der Waals surface area (Å²) in [6.45, 7) is 8.28. The molecule has 32 heavy (non-hydrogen) atoms. The van der Waals surface area contributed by atoms with Gasteiger partial charge in [-0.25, -0.2) is 4.79 Å². The predicted octanol–water partition coefficient (Wildman–Crippen LogP) is 4.87. The van der Waals surface area contributed by atoms with Crippen molar-refractivity contribution in [2.45, 2.75) is 58.7 Å². The number of halogens is 1. The molecule has 1 aromatic carbocycles. The number of aromatic hydroxyl groups is 1. The van der Waals surface area contributed by atoms with Crippen molar-refractivity contribution in [2.75, 3.05) is 14.2 Å². The fourth-order valence-corrected chi connectivity index (χ4v) is 7.00. The van der Waals surface area contributed by atoms with Crippen LogP contribution in [0.25, 0.3) is 0 Å². The minimum Gasteiger partial charge on any atom is -0.507 e. The van der Waals surface area contributed by atoms with Gasteiger partial charge in [0.2, 0.25) is 0 Å². The van der Waals surface area contributed by atoms with Gasteiger partial charge >= 0.3 is 5.97 Å². The number of esters is 1. The number of fused-ring (bicyclic) bond motifs is 3. The SMILES string of the molecule is COc1cc(O)c(C(=O)OC2CC3(C)C4CC(C)(C)CC4C=C(C=O)C23OC)c(C)c1Cl. The second-order valence-corrected chi connectivity index (χ2v) is 10.8. The van der Waals surface area contributed by atoms with Gasteiger partial charge in [0.25, 0.3) is 0 Å². The lowest BCUT2D eigenvalue weighted by Gasteiger charge is -2.66. The Hall–Kier alpha value is -2.05. The lowest BCUT2D eigenvalue weighted by Crippen LogP contribution is -2.73. The number of carbonyl (C=O) groups excluding carboxylic acids is 2. The van der Waals surface area contributed by atoms with E-state index in [4.69, 9.17) is 25.8 Å². The maximum atomic E-state index is 13.2. The Kier molecular flexibility index (Phi) is 5.41. The molecule has 5 atom stereocenters. The number of phenolic OH excluding ortho intramolecular Hbond substituents is 1. The highest BCUT2D eigenvalue weighted by Gasteiger charge is 2.73. The molecule has 7 heteroatoms. The predicted molar refractivity (Wildman–Crippen MR) is 120 cm³/mol. The van der Waals surface area contributed by atoms with Crippen LogP contribution in [0.5, 0.6) is 11.5 Å². The lowest BCUT2D eigenvalue weighted by atomic mass is 9.44. The van der Waals surface area contributed by atoms with Crippen molar-refractivity contribution < 1.29 is 28.9 Å². The van der Waals surface area contributed by atoms with E-state index in [1.807, 2.05) is 6.08 Å². The molecule has 2 fully saturated rings. The standard InChI is InChI=1S/C25H31ClO6/c1-13-20(17(28)8-18(30-5)21(13)26)22(29)32-19-11-24(4)16-10-23(2,3)9-14(16)7-15(12-27)25(19,24)31-6/h7-8,12,14,16,19,28H,9-11H2,1-6H3. The summed E-state index contributed by atoms with van der Waals surface area (Å²) in [5.74, 6) is -0.0542. The van der Waals surface area contributed by atoms with Gasteiger partial charge in [0, 0.05) is 24.2 Å². The number of aldehydes is 1. The molecule has 3 aliphatic rings. The molecule has 5 unspecified atom stereocenters. The van der Waals surface area contributed by atoms with Crippen LogP contribution < -0.4 is 4.74 Å². The quantitative estimate of drug-likeness (QED) is 0.496. The van der Waals surface area contributed by atoms with E-state index < -0.39 is 17.7 Å². The third kappa shape index (κ3) is 2.95. The molecule has 174 valence electrons. The van der Waals surface area contributed by atoms with E-state index in [1.54, 1.807) is 14.0 Å². The molecule has 0 bridgehead atoms. The van der Waals surface area contributed by atoms with Crippen molar-refractivity contribution >= 4 is 23.9 Å². The summed E-state index contributed by atoms with van der Waals surface area (Å²) in [4.78, 5) is 25.3. The number of hydrogen-bond donors (Lipinski definition) is 1. The van der Waals surface area contributed by atoms with Crippen LogP contribution in [0.1, 0.15) is 56.0 Å². The first-order valence-corrected chi connectivity index (χ1v) is 11.3. The van der Waals surface area contributed by atoms with E-state index in [9.17, 15) is 14.7 Å². The highest BCUT2D eigenvalue weighted by Crippen LogP contribution is 2.69. The Bertz CT molecular complexity index is 1010. The monoisotopic (exact) mass is 462 g/mol. The fraction of sp³-hybridized carbons (Fsp3) is 0.600. The van der Waals surface area contributed by atoms with Gasteiger partial charge in [-0.2, -0.15) is 0 Å². The number of allylic oxidation sites excluding steroid dienone is 1. The number of benzene rings is 1. The third-order valence-corrected chi connectivity index (χ3v) is 8.67. The normalized spacial score (nSPS) is 34.6. The molecule has 0 aliphatic heterocycles. The second kappa shape index (κ2) is 7.49. The van der Waals surface area contributed by atoms with Crippen molar-refractivity contribution in [3.05, 3.63) is 33.9 Å². The maximum absolute atomic E-state index is 13.2. The first kappa shape index (κ1) is 23.1.